The number of nitrogens with one attached hydrogen (secondary N) is 1. The Kier molecular flexibility index (Phi) is 4.09. The lowest BCUT2D eigenvalue weighted by Gasteiger charge is -2.10. The Hall–Kier alpha value is -2.72. The molecule has 0 unspecified atom stereocenters. The van der Waals surface area contributed by atoms with E-state index in [4.69, 9.17) is 5.14 Å². The Labute approximate surface area is 140 Å². The van der Waals surface area contributed by atoms with Gasteiger partial charge in [-0.25, -0.2) is 13.6 Å². The molecule has 0 aliphatic carbocycles. The summed E-state index contributed by atoms with van der Waals surface area (Å²) in [6.45, 7) is 0. The molecule has 0 aliphatic heterocycles. The van der Waals surface area contributed by atoms with Crippen LogP contribution in [-0.2, 0) is 16.2 Å². The number of H-pyrrole nitrogens is 1. The fourth-order valence-corrected chi connectivity index (χ4v) is 3.18. The van der Waals surface area contributed by atoms with Gasteiger partial charge in [-0.2, -0.15) is 18.3 Å². The molecule has 0 fully saturated rings. The summed E-state index contributed by atoms with van der Waals surface area (Å²) in [6.07, 6.45) is -2.06. The van der Waals surface area contributed by atoms with Crippen molar-refractivity contribution >= 4 is 10.0 Å². The van der Waals surface area contributed by atoms with Crippen LogP contribution in [0.3, 0.4) is 0 Å². The third-order valence-corrected chi connectivity index (χ3v) is 4.42. The number of halogens is 3. The molecule has 2 heterocycles. The lowest BCUT2D eigenvalue weighted by Crippen LogP contribution is -2.13. The molecule has 25 heavy (non-hydrogen) atoms. The second-order valence-corrected chi connectivity index (χ2v) is 6.63. The largest absolute Gasteiger partial charge is 0.433 e. The molecular formula is C15H11F3N4O2S. The van der Waals surface area contributed by atoms with Gasteiger partial charge in [0.15, 0.2) is 0 Å². The minimum absolute atomic E-state index is 0.0318. The van der Waals surface area contributed by atoms with Crippen LogP contribution in [0.4, 0.5) is 13.2 Å². The van der Waals surface area contributed by atoms with E-state index in [0.29, 0.717) is 0 Å². The molecule has 130 valence electrons. The third-order valence-electron chi connectivity index (χ3n) is 3.45. The number of hydrogen-bond donors (Lipinski definition) is 2. The maximum absolute atomic E-state index is 13.4. The molecule has 0 spiro atoms. The predicted octanol–water partition coefficient (Wildman–Crippen LogP) is 2.80. The van der Waals surface area contributed by atoms with Gasteiger partial charge >= 0.3 is 6.18 Å². The average Bonchev–Trinajstić information content (AvgIpc) is 3.00. The number of aromatic nitrogens is 3. The topological polar surface area (TPSA) is 102 Å². The molecule has 0 bridgehead atoms. The maximum Gasteiger partial charge on any atom is 0.433 e. The molecule has 6 nitrogen and oxygen atoms in total. The summed E-state index contributed by atoms with van der Waals surface area (Å²) in [5.74, 6) is 0. The highest BCUT2D eigenvalue weighted by Gasteiger charge is 2.38. The van der Waals surface area contributed by atoms with Gasteiger partial charge in [-0.3, -0.25) is 10.1 Å². The van der Waals surface area contributed by atoms with Crippen molar-refractivity contribution in [2.24, 2.45) is 5.14 Å². The molecule has 0 saturated carbocycles. The molecule has 0 amide bonds. The Morgan fingerprint density at radius 3 is 2.40 bits per heavy atom. The average molecular weight is 368 g/mol. The fourth-order valence-electron chi connectivity index (χ4n) is 2.44. The van der Waals surface area contributed by atoms with E-state index in [0.717, 1.165) is 0 Å². The first kappa shape index (κ1) is 17.1. The molecule has 10 heteroatoms. The molecule has 2 aromatic heterocycles. The number of alkyl halides is 3. The van der Waals surface area contributed by atoms with E-state index in [9.17, 15) is 21.6 Å². The number of aromatic amines is 1. The van der Waals surface area contributed by atoms with Crippen LogP contribution >= 0.6 is 0 Å². The number of benzene rings is 1. The van der Waals surface area contributed by atoms with Crippen LogP contribution in [-0.4, -0.2) is 23.6 Å². The Morgan fingerprint density at radius 2 is 1.80 bits per heavy atom. The first-order valence-electron chi connectivity index (χ1n) is 6.88. The molecule has 0 atom stereocenters. The van der Waals surface area contributed by atoms with Gasteiger partial charge in [0.2, 0.25) is 10.0 Å². The van der Waals surface area contributed by atoms with Gasteiger partial charge in [0, 0.05) is 29.1 Å². The van der Waals surface area contributed by atoms with Gasteiger partial charge in [0.1, 0.15) is 11.4 Å². The van der Waals surface area contributed by atoms with Gasteiger partial charge in [-0.05, 0) is 12.1 Å². The minimum atomic E-state index is -4.72. The highest BCUT2D eigenvalue weighted by atomic mass is 32.2. The first-order valence-corrected chi connectivity index (χ1v) is 8.42. The van der Waals surface area contributed by atoms with Crippen molar-refractivity contribution in [1.29, 1.82) is 0 Å². The van der Waals surface area contributed by atoms with Crippen molar-refractivity contribution < 1.29 is 21.6 Å². The Morgan fingerprint density at radius 1 is 1.08 bits per heavy atom. The highest BCUT2D eigenvalue weighted by molar-refractivity contribution is 7.89. The summed E-state index contributed by atoms with van der Waals surface area (Å²) in [5, 5.41) is 10.8. The smallest absolute Gasteiger partial charge is 0.272 e. The Balaban J connectivity index is 2.36. The van der Waals surface area contributed by atoms with E-state index in [1.165, 1.54) is 48.8 Å². The van der Waals surface area contributed by atoms with E-state index in [1.54, 1.807) is 0 Å². The van der Waals surface area contributed by atoms with E-state index >= 15 is 0 Å². The Bertz CT molecular complexity index is 1010. The number of nitrogens with two attached hydrogens (primary N) is 1. The van der Waals surface area contributed by atoms with Gasteiger partial charge in [-0.15, -0.1) is 0 Å². The molecule has 3 aromatic rings. The second-order valence-electron chi connectivity index (χ2n) is 5.10. The zero-order chi connectivity index (χ0) is 18.2. The van der Waals surface area contributed by atoms with E-state index in [-0.39, 0.29) is 27.3 Å². The number of primary sulfonamides is 1. The van der Waals surface area contributed by atoms with Crippen LogP contribution in [0.25, 0.3) is 22.4 Å². The van der Waals surface area contributed by atoms with Gasteiger partial charge in [-0.1, -0.05) is 24.3 Å². The van der Waals surface area contributed by atoms with E-state index in [2.05, 4.69) is 10.1 Å². The predicted molar refractivity (Wildman–Crippen MR) is 83.6 cm³/mol. The minimum Gasteiger partial charge on any atom is -0.272 e. The molecule has 3 rings (SSSR count). The molecule has 0 saturated heterocycles. The van der Waals surface area contributed by atoms with Crippen molar-refractivity contribution in [1.82, 2.24) is 15.2 Å². The fraction of sp³-hybridized carbons (Fsp3) is 0.0667. The summed E-state index contributed by atoms with van der Waals surface area (Å²) in [7, 11) is -4.16. The van der Waals surface area contributed by atoms with Crippen LogP contribution in [0.2, 0.25) is 0 Å². The molecule has 3 N–H and O–H groups in total. The normalized spacial score (nSPS) is 12.3. The highest BCUT2D eigenvalue weighted by Crippen LogP contribution is 2.41. The van der Waals surface area contributed by atoms with Crippen LogP contribution in [0.1, 0.15) is 5.69 Å². The summed E-state index contributed by atoms with van der Waals surface area (Å²) >= 11 is 0. The first-order chi connectivity index (χ1) is 11.7. The molecular weight excluding hydrogens is 357 g/mol. The van der Waals surface area contributed by atoms with Gasteiger partial charge < -0.3 is 0 Å². The number of sulfonamides is 1. The summed E-state index contributed by atoms with van der Waals surface area (Å²) < 4.78 is 63.7. The number of pyridine rings is 1. The van der Waals surface area contributed by atoms with Crippen molar-refractivity contribution in [3.63, 3.8) is 0 Å². The summed E-state index contributed by atoms with van der Waals surface area (Å²) in [5.41, 5.74) is -1.46. The molecule has 0 radical (unpaired) electrons. The summed E-state index contributed by atoms with van der Waals surface area (Å²) in [4.78, 5) is 3.50. The quantitative estimate of drug-likeness (QED) is 0.742. The maximum atomic E-state index is 13.4. The molecule has 0 aliphatic rings. The van der Waals surface area contributed by atoms with Crippen LogP contribution in [0.5, 0.6) is 0 Å². The lowest BCUT2D eigenvalue weighted by atomic mass is 10.00. The second kappa shape index (κ2) is 5.97. The van der Waals surface area contributed by atoms with Crippen molar-refractivity contribution in [2.45, 2.75) is 11.1 Å². The van der Waals surface area contributed by atoms with Crippen LogP contribution in [0, 0.1) is 0 Å². The van der Waals surface area contributed by atoms with Crippen LogP contribution < -0.4 is 5.14 Å². The van der Waals surface area contributed by atoms with E-state index in [1.807, 2.05) is 5.10 Å². The lowest BCUT2D eigenvalue weighted by molar-refractivity contribution is -0.140. The number of rotatable bonds is 3. The van der Waals surface area contributed by atoms with Crippen LogP contribution in [0.15, 0.2) is 53.7 Å². The van der Waals surface area contributed by atoms with Gasteiger partial charge in [0.25, 0.3) is 0 Å². The van der Waals surface area contributed by atoms with Crippen molar-refractivity contribution in [3.8, 4) is 22.4 Å². The van der Waals surface area contributed by atoms with Gasteiger partial charge in [0.05, 0.1) is 4.90 Å². The van der Waals surface area contributed by atoms with Crippen molar-refractivity contribution in [3.05, 3.63) is 54.5 Å². The molecule has 1 aromatic carbocycles. The number of hydrogen-bond acceptors (Lipinski definition) is 4. The van der Waals surface area contributed by atoms with E-state index < -0.39 is 21.9 Å². The van der Waals surface area contributed by atoms with Crippen molar-refractivity contribution in [2.75, 3.05) is 0 Å². The monoisotopic (exact) mass is 368 g/mol. The zero-order valence-corrected chi connectivity index (χ0v) is 13.3. The standard InChI is InChI=1S/C15H11F3N4O2S/c16-15(17,18)14-12(9-4-3-7-20-8-9)13(21-22-14)10-5-1-2-6-11(10)25(19,23)24/h1-8H,(H,21,22)(H2,19,23,24). The zero-order valence-electron chi connectivity index (χ0n) is 12.4. The SMILES string of the molecule is NS(=O)(=O)c1ccccc1-c1n[nH]c(C(F)(F)F)c1-c1cccnc1. The third kappa shape index (κ3) is 3.26. The summed E-state index contributed by atoms with van der Waals surface area (Å²) in [6, 6.07) is 8.35. The number of nitrogens with zero attached hydrogens (tertiary/aromatic N) is 2.